The van der Waals surface area contributed by atoms with Gasteiger partial charge in [0, 0.05) is 17.4 Å². The average molecular weight is 319 g/mol. The van der Waals surface area contributed by atoms with Gasteiger partial charge in [-0.3, -0.25) is 14.5 Å². The van der Waals surface area contributed by atoms with Gasteiger partial charge in [0.05, 0.1) is 12.8 Å². The topological polar surface area (TPSA) is 93.4 Å². The lowest BCUT2D eigenvalue weighted by Crippen LogP contribution is -2.02. The standard InChI is InChI=1S/C13H11ClN6O2/c1-22-10-3-2-8(14)6-9(10)17-11-12-18-19-13(16-7-21)20(12)5-4-15-11/h2-7H,1H3,(H,15,17)(H,16,19,21). The summed E-state index contributed by atoms with van der Waals surface area (Å²) in [6.45, 7) is 0. The number of hydrogen-bond donors (Lipinski definition) is 2. The third kappa shape index (κ3) is 2.51. The van der Waals surface area contributed by atoms with Crippen LogP contribution < -0.4 is 15.4 Å². The van der Waals surface area contributed by atoms with E-state index in [0.29, 0.717) is 40.3 Å². The molecule has 0 bridgehead atoms. The van der Waals surface area contributed by atoms with Crippen LogP contribution >= 0.6 is 11.6 Å². The molecule has 1 amide bonds. The van der Waals surface area contributed by atoms with Crippen molar-refractivity contribution < 1.29 is 9.53 Å². The molecule has 0 radical (unpaired) electrons. The number of amides is 1. The molecule has 0 aliphatic heterocycles. The van der Waals surface area contributed by atoms with Crippen LogP contribution in [0.1, 0.15) is 0 Å². The second-order valence-corrected chi connectivity index (χ2v) is 4.66. The highest BCUT2D eigenvalue weighted by Gasteiger charge is 2.12. The number of carbonyl (C=O) groups is 1. The quantitative estimate of drug-likeness (QED) is 0.700. The van der Waals surface area contributed by atoms with E-state index in [1.165, 1.54) is 0 Å². The zero-order valence-corrected chi connectivity index (χ0v) is 12.2. The van der Waals surface area contributed by atoms with Crippen molar-refractivity contribution in [1.82, 2.24) is 19.6 Å². The van der Waals surface area contributed by atoms with Crippen LogP contribution in [-0.4, -0.2) is 33.1 Å². The second-order valence-electron chi connectivity index (χ2n) is 4.22. The summed E-state index contributed by atoms with van der Waals surface area (Å²) in [6, 6.07) is 5.18. The lowest BCUT2D eigenvalue weighted by atomic mass is 10.3. The van der Waals surface area contributed by atoms with Crippen LogP contribution in [-0.2, 0) is 4.79 Å². The second kappa shape index (κ2) is 5.86. The number of nitrogens with zero attached hydrogens (tertiary/aromatic N) is 4. The summed E-state index contributed by atoms with van der Waals surface area (Å²) in [5, 5.41) is 14.0. The summed E-state index contributed by atoms with van der Waals surface area (Å²) < 4.78 is 6.88. The molecule has 0 aliphatic rings. The molecule has 0 unspecified atom stereocenters. The van der Waals surface area contributed by atoms with Gasteiger partial charge in [-0.05, 0) is 18.2 Å². The maximum absolute atomic E-state index is 10.6. The maximum atomic E-state index is 10.6. The molecule has 0 spiro atoms. The van der Waals surface area contributed by atoms with Crippen LogP contribution in [0.3, 0.4) is 0 Å². The number of hydrogen-bond acceptors (Lipinski definition) is 6. The number of aromatic nitrogens is 4. The van der Waals surface area contributed by atoms with E-state index < -0.39 is 0 Å². The van der Waals surface area contributed by atoms with Crippen molar-refractivity contribution in [2.75, 3.05) is 17.7 Å². The number of halogens is 1. The summed E-state index contributed by atoms with van der Waals surface area (Å²) in [4.78, 5) is 14.8. The zero-order chi connectivity index (χ0) is 15.5. The minimum absolute atomic E-state index is 0.300. The summed E-state index contributed by atoms with van der Waals surface area (Å²) in [5.74, 6) is 1.36. The van der Waals surface area contributed by atoms with E-state index in [4.69, 9.17) is 16.3 Å². The monoisotopic (exact) mass is 318 g/mol. The molecule has 0 fully saturated rings. The van der Waals surface area contributed by atoms with Crippen LogP contribution in [0.2, 0.25) is 5.02 Å². The number of ether oxygens (including phenoxy) is 1. The van der Waals surface area contributed by atoms with Gasteiger partial charge in [-0.15, -0.1) is 10.2 Å². The van der Waals surface area contributed by atoms with Gasteiger partial charge >= 0.3 is 0 Å². The molecule has 9 heteroatoms. The zero-order valence-electron chi connectivity index (χ0n) is 11.4. The number of methoxy groups -OCH3 is 1. The average Bonchev–Trinajstić information content (AvgIpc) is 2.92. The third-order valence-corrected chi connectivity index (χ3v) is 3.16. The van der Waals surface area contributed by atoms with Crippen molar-refractivity contribution >= 4 is 41.1 Å². The third-order valence-electron chi connectivity index (χ3n) is 2.93. The molecule has 2 N–H and O–H groups in total. The van der Waals surface area contributed by atoms with Crippen LogP contribution in [0.15, 0.2) is 30.6 Å². The molecule has 22 heavy (non-hydrogen) atoms. The summed E-state index contributed by atoms with van der Waals surface area (Å²) in [7, 11) is 1.56. The van der Waals surface area contributed by atoms with Gasteiger partial charge in [0.15, 0.2) is 5.82 Å². The first-order chi connectivity index (χ1) is 10.7. The van der Waals surface area contributed by atoms with Crippen molar-refractivity contribution in [3.8, 4) is 5.75 Å². The predicted octanol–water partition coefficient (Wildman–Crippen LogP) is 2.10. The molecule has 0 saturated heterocycles. The minimum Gasteiger partial charge on any atom is -0.495 e. The summed E-state index contributed by atoms with van der Waals surface area (Å²) >= 11 is 6.01. The SMILES string of the molecule is COc1ccc(Cl)cc1Nc1nccn2c(NC=O)nnc12. The van der Waals surface area contributed by atoms with E-state index >= 15 is 0 Å². The van der Waals surface area contributed by atoms with Gasteiger partial charge in [0.1, 0.15) is 5.75 Å². The van der Waals surface area contributed by atoms with E-state index in [9.17, 15) is 4.79 Å². The number of anilines is 3. The smallest absolute Gasteiger partial charge is 0.235 e. The Labute approximate surface area is 130 Å². The Morgan fingerprint density at radius 3 is 3.00 bits per heavy atom. The predicted molar refractivity (Wildman–Crippen MR) is 81.8 cm³/mol. The molecular weight excluding hydrogens is 308 g/mol. The number of rotatable bonds is 5. The van der Waals surface area contributed by atoms with E-state index in [1.54, 1.807) is 42.1 Å². The molecule has 8 nitrogen and oxygen atoms in total. The summed E-state index contributed by atoms with van der Waals surface area (Å²) in [5.41, 5.74) is 1.09. The van der Waals surface area contributed by atoms with Crippen molar-refractivity contribution in [2.45, 2.75) is 0 Å². The first-order valence-corrected chi connectivity index (χ1v) is 6.61. The molecule has 112 valence electrons. The van der Waals surface area contributed by atoms with Crippen molar-refractivity contribution in [1.29, 1.82) is 0 Å². The van der Waals surface area contributed by atoms with Gasteiger partial charge < -0.3 is 10.1 Å². The highest BCUT2D eigenvalue weighted by Crippen LogP contribution is 2.31. The molecule has 3 aromatic rings. The van der Waals surface area contributed by atoms with Gasteiger partial charge in [0.2, 0.25) is 18.0 Å². The van der Waals surface area contributed by atoms with Crippen LogP contribution in [0.4, 0.5) is 17.5 Å². The Morgan fingerprint density at radius 1 is 1.36 bits per heavy atom. The van der Waals surface area contributed by atoms with E-state index in [2.05, 4.69) is 25.8 Å². The number of benzene rings is 1. The molecule has 0 saturated carbocycles. The molecular formula is C13H11ClN6O2. The fraction of sp³-hybridized carbons (Fsp3) is 0.0769. The van der Waals surface area contributed by atoms with Crippen molar-refractivity contribution in [2.24, 2.45) is 0 Å². The number of nitrogens with one attached hydrogen (secondary N) is 2. The number of fused-ring (bicyclic) bond motifs is 1. The lowest BCUT2D eigenvalue weighted by Gasteiger charge is -2.11. The molecule has 0 aliphatic carbocycles. The van der Waals surface area contributed by atoms with Gasteiger partial charge in [-0.2, -0.15) is 0 Å². The normalized spacial score (nSPS) is 10.5. The Morgan fingerprint density at radius 2 is 2.23 bits per heavy atom. The van der Waals surface area contributed by atoms with Crippen molar-refractivity contribution in [3.63, 3.8) is 0 Å². The van der Waals surface area contributed by atoms with Crippen molar-refractivity contribution in [3.05, 3.63) is 35.6 Å². The number of carbonyl (C=O) groups excluding carboxylic acids is 1. The molecule has 2 aromatic heterocycles. The highest BCUT2D eigenvalue weighted by molar-refractivity contribution is 6.31. The molecule has 1 aromatic carbocycles. The molecule has 3 rings (SSSR count). The fourth-order valence-corrected chi connectivity index (χ4v) is 2.14. The maximum Gasteiger partial charge on any atom is 0.235 e. The Balaban J connectivity index is 2.04. The Bertz CT molecular complexity index is 835. The van der Waals surface area contributed by atoms with E-state index in [0.717, 1.165) is 0 Å². The largest absolute Gasteiger partial charge is 0.495 e. The fourth-order valence-electron chi connectivity index (χ4n) is 1.97. The van der Waals surface area contributed by atoms with E-state index in [1.807, 2.05) is 0 Å². The first-order valence-electron chi connectivity index (χ1n) is 6.23. The highest BCUT2D eigenvalue weighted by atomic mass is 35.5. The summed E-state index contributed by atoms with van der Waals surface area (Å²) in [6.07, 6.45) is 3.73. The Kier molecular flexibility index (Phi) is 3.75. The van der Waals surface area contributed by atoms with Gasteiger partial charge in [-0.1, -0.05) is 11.6 Å². The van der Waals surface area contributed by atoms with Crippen LogP contribution in [0, 0.1) is 0 Å². The van der Waals surface area contributed by atoms with E-state index in [-0.39, 0.29) is 0 Å². The van der Waals surface area contributed by atoms with Crippen LogP contribution in [0.25, 0.3) is 5.65 Å². The lowest BCUT2D eigenvalue weighted by molar-refractivity contribution is -0.105. The van der Waals surface area contributed by atoms with Crippen LogP contribution in [0.5, 0.6) is 5.75 Å². The minimum atomic E-state index is 0.300. The molecule has 2 heterocycles. The van der Waals surface area contributed by atoms with Gasteiger partial charge in [0.25, 0.3) is 0 Å². The van der Waals surface area contributed by atoms with Gasteiger partial charge in [-0.25, -0.2) is 4.98 Å². The Hall–Kier alpha value is -2.87. The molecule has 0 atom stereocenters. The first kappa shape index (κ1) is 14.1.